The van der Waals surface area contributed by atoms with E-state index in [1.165, 1.54) is 27.8 Å². The van der Waals surface area contributed by atoms with Crippen LogP contribution in [-0.2, 0) is 6.54 Å². The molecule has 0 bridgehead atoms. The van der Waals surface area contributed by atoms with Gasteiger partial charge in [-0.05, 0) is 37.5 Å². The van der Waals surface area contributed by atoms with Gasteiger partial charge in [0, 0.05) is 32.7 Å². The van der Waals surface area contributed by atoms with Crippen molar-refractivity contribution in [1.29, 1.82) is 0 Å². The number of hydrogen-bond acceptors (Lipinski definition) is 3. The molecule has 0 radical (unpaired) electrons. The van der Waals surface area contributed by atoms with Crippen molar-refractivity contribution in [1.82, 2.24) is 9.91 Å². The fourth-order valence-corrected chi connectivity index (χ4v) is 3.08. The van der Waals surface area contributed by atoms with Crippen LogP contribution in [0.3, 0.4) is 0 Å². The van der Waals surface area contributed by atoms with Crippen molar-refractivity contribution in [2.24, 2.45) is 5.10 Å². The van der Waals surface area contributed by atoms with Crippen LogP contribution >= 0.6 is 0 Å². The highest BCUT2D eigenvalue weighted by Gasteiger charge is 2.16. The summed E-state index contributed by atoms with van der Waals surface area (Å²) in [7, 11) is 0. The number of hydrazone groups is 1. The van der Waals surface area contributed by atoms with Gasteiger partial charge in [-0.2, -0.15) is 5.10 Å². The van der Waals surface area contributed by atoms with E-state index in [1.54, 1.807) is 0 Å². The molecule has 0 saturated carbocycles. The van der Waals surface area contributed by atoms with E-state index in [-0.39, 0.29) is 0 Å². The maximum absolute atomic E-state index is 4.64. The fraction of sp³-hybridized carbons (Fsp3) is 0.381. The number of piperazine rings is 1. The fourth-order valence-electron chi connectivity index (χ4n) is 3.08. The number of benzene rings is 2. The van der Waals surface area contributed by atoms with Gasteiger partial charge in [-0.1, -0.05) is 53.6 Å². The van der Waals surface area contributed by atoms with Gasteiger partial charge < -0.3 is 0 Å². The standard InChI is InChI=1S/C21H27N3/c1-17-4-7-20(8-5-17)15-22-24-12-10-23(11-13-24)16-21-9-6-18(2)14-19(21)3/h4-9,14-15H,10-13,16H2,1-3H3/b22-15-. The summed E-state index contributed by atoms with van der Waals surface area (Å²) in [6.07, 6.45) is 1.97. The molecule has 3 nitrogen and oxygen atoms in total. The molecule has 3 rings (SSSR count). The molecule has 0 amide bonds. The summed E-state index contributed by atoms with van der Waals surface area (Å²) in [5.74, 6) is 0. The maximum atomic E-state index is 4.64. The molecular formula is C21H27N3. The molecule has 0 aromatic heterocycles. The molecule has 1 fully saturated rings. The van der Waals surface area contributed by atoms with E-state index in [4.69, 9.17) is 0 Å². The van der Waals surface area contributed by atoms with Gasteiger partial charge in [0.25, 0.3) is 0 Å². The molecule has 0 aliphatic carbocycles. The third-order valence-electron chi connectivity index (χ3n) is 4.69. The lowest BCUT2D eigenvalue weighted by Crippen LogP contribution is -2.43. The molecule has 1 aliphatic rings. The minimum absolute atomic E-state index is 0.993. The minimum Gasteiger partial charge on any atom is -0.295 e. The van der Waals surface area contributed by atoms with Crippen molar-refractivity contribution in [2.75, 3.05) is 26.2 Å². The van der Waals surface area contributed by atoms with E-state index in [9.17, 15) is 0 Å². The van der Waals surface area contributed by atoms with Crippen LogP contribution in [0, 0.1) is 20.8 Å². The van der Waals surface area contributed by atoms with E-state index < -0.39 is 0 Å². The van der Waals surface area contributed by atoms with E-state index in [2.05, 4.69) is 78.2 Å². The Morgan fingerprint density at radius 2 is 1.54 bits per heavy atom. The molecule has 1 saturated heterocycles. The van der Waals surface area contributed by atoms with Gasteiger partial charge >= 0.3 is 0 Å². The highest BCUT2D eigenvalue weighted by atomic mass is 15.5. The summed E-state index contributed by atoms with van der Waals surface area (Å²) < 4.78 is 0. The number of hydrogen-bond donors (Lipinski definition) is 0. The van der Waals surface area contributed by atoms with Crippen LogP contribution in [0.4, 0.5) is 0 Å². The molecule has 3 heteroatoms. The molecule has 0 unspecified atom stereocenters. The SMILES string of the molecule is Cc1ccc(/C=N\N2CCN(Cc3ccc(C)cc3C)CC2)cc1. The maximum Gasteiger partial charge on any atom is 0.0542 e. The van der Waals surface area contributed by atoms with Crippen molar-refractivity contribution in [3.05, 3.63) is 70.3 Å². The molecule has 0 atom stereocenters. The molecule has 1 aliphatic heterocycles. The largest absolute Gasteiger partial charge is 0.295 e. The van der Waals surface area contributed by atoms with Crippen LogP contribution in [0.1, 0.15) is 27.8 Å². The van der Waals surface area contributed by atoms with Crippen LogP contribution in [-0.4, -0.2) is 42.3 Å². The lowest BCUT2D eigenvalue weighted by Gasteiger charge is -2.33. The van der Waals surface area contributed by atoms with Crippen LogP contribution in [0.25, 0.3) is 0 Å². The highest BCUT2D eigenvalue weighted by molar-refractivity contribution is 5.79. The van der Waals surface area contributed by atoms with Crippen LogP contribution in [0.15, 0.2) is 47.6 Å². The second kappa shape index (κ2) is 7.63. The smallest absolute Gasteiger partial charge is 0.0542 e. The third-order valence-corrected chi connectivity index (χ3v) is 4.69. The molecule has 24 heavy (non-hydrogen) atoms. The summed E-state index contributed by atoms with van der Waals surface area (Å²) in [5, 5.41) is 6.81. The lowest BCUT2D eigenvalue weighted by molar-refractivity contribution is 0.131. The molecule has 2 aromatic carbocycles. The Morgan fingerprint density at radius 3 is 2.21 bits per heavy atom. The predicted molar refractivity (Wildman–Crippen MR) is 102 cm³/mol. The lowest BCUT2D eigenvalue weighted by atomic mass is 10.1. The number of aryl methyl sites for hydroxylation is 3. The Bertz CT molecular complexity index is 696. The molecule has 1 heterocycles. The predicted octanol–water partition coefficient (Wildman–Crippen LogP) is 3.76. The van der Waals surface area contributed by atoms with Crippen LogP contribution in [0.5, 0.6) is 0 Å². The Labute approximate surface area is 145 Å². The Balaban J connectivity index is 1.51. The van der Waals surface area contributed by atoms with E-state index >= 15 is 0 Å². The summed E-state index contributed by atoms with van der Waals surface area (Å²) >= 11 is 0. The van der Waals surface area contributed by atoms with E-state index in [0.29, 0.717) is 0 Å². The van der Waals surface area contributed by atoms with E-state index in [0.717, 1.165) is 32.7 Å². The quantitative estimate of drug-likeness (QED) is 0.799. The summed E-state index contributed by atoms with van der Waals surface area (Å²) in [4.78, 5) is 2.52. The average molecular weight is 321 g/mol. The van der Waals surface area contributed by atoms with Crippen molar-refractivity contribution in [2.45, 2.75) is 27.3 Å². The van der Waals surface area contributed by atoms with Gasteiger partial charge in [-0.25, -0.2) is 0 Å². The Kier molecular flexibility index (Phi) is 5.31. The zero-order valence-electron chi connectivity index (χ0n) is 15.0. The Hall–Kier alpha value is -2.13. The monoisotopic (exact) mass is 321 g/mol. The van der Waals surface area contributed by atoms with Gasteiger partial charge in [-0.3, -0.25) is 9.91 Å². The van der Waals surface area contributed by atoms with Crippen molar-refractivity contribution >= 4 is 6.21 Å². The molecular weight excluding hydrogens is 294 g/mol. The molecule has 126 valence electrons. The summed E-state index contributed by atoms with van der Waals surface area (Å²) in [6.45, 7) is 11.6. The van der Waals surface area contributed by atoms with Crippen molar-refractivity contribution in [3.8, 4) is 0 Å². The first kappa shape index (κ1) is 16.7. The Morgan fingerprint density at radius 1 is 0.875 bits per heavy atom. The van der Waals surface area contributed by atoms with Gasteiger partial charge in [0.1, 0.15) is 0 Å². The first-order chi connectivity index (χ1) is 11.6. The summed E-state index contributed by atoms with van der Waals surface area (Å²) in [5.41, 5.74) is 6.63. The van der Waals surface area contributed by atoms with Crippen LogP contribution < -0.4 is 0 Å². The number of rotatable bonds is 4. The zero-order valence-corrected chi connectivity index (χ0v) is 15.0. The minimum atomic E-state index is 0.993. The van der Waals surface area contributed by atoms with Gasteiger partial charge in [0.15, 0.2) is 0 Å². The first-order valence-corrected chi connectivity index (χ1v) is 8.74. The number of nitrogens with zero attached hydrogens (tertiary/aromatic N) is 3. The second-order valence-corrected chi connectivity index (χ2v) is 6.82. The van der Waals surface area contributed by atoms with Crippen molar-refractivity contribution in [3.63, 3.8) is 0 Å². The highest BCUT2D eigenvalue weighted by Crippen LogP contribution is 2.14. The van der Waals surface area contributed by atoms with Gasteiger partial charge in [0.2, 0.25) is 0 Å². The topological polar surface area (TPSA) is 18.8 Å². The zero-order chi connectivity index (χ0) is 16.9. The van der Waals surface area contributed by atoms with Gasteiger partial charge in [-0.15, -0.1) is 0 Å². The normalized spacial score (nSPS) is 16.0. The molecule has 2 aromatic rings. The first-order valence-electron chi connectivity index (χ1n) is 8.74. The molecule has 0 spiro atoms. The second-order valence-electron chi connectivity index (χ2n) is 6.82. The van der Waals surface area contributed by atoms with Crippen molar-refractivity contribution < 1.29 is 0 Å². The summed E-state index contributed by atoms with van der Waals surface area (Å²) in [6, 6.07) is 15.3. The molecule has 0 N–H and O–H groups in total. The average Bonchev–Trinajstić information content (AvgIpc) is 2.58. The third kappa shape index (κ3) is 4.45. The van der Waals surface area contributed by atoms with Gasteiger partial charge in [0.05, 0.1) is 6.21 Å². The van der Waals surface area contributed by atoms with E-state index in [1.807, 2.05) is 6.21 Å². The van der Waals surface area contributed by atoms with Crippen LogP contribution in [0.2, 0.25) is 0 Å².